The standard InChI is InChI=1S/C36H52N4O7/c1-9-11-21-40(32(43)27(23-29(37)41)39-34(45)47-36(6,7)8)30(26-19-17-24(10-2)18-20-26)31(42)38-28(33(44)46-35(3,4)5)22-25-15-13-12-14-16-25/h12-20,27-28,30H,9-11,21-23H2,1-8H3,(H2,37,41)(H,38,42)(H,39,45). The fraction of sp³-hybridized carbons (Fsp3) is 0.528. The van der Waals surface area contributed by atoms with Crippen LogP contribution in [0.4, 0.5) is 4.79 Å². The SMILES string of the molecule is CCCCN(C(=O)C(CC(N)=O)NC(=O)OC(C)(C)C)C(C(=O)NC(Cc1ccccc1)C(=O)OC(C)(C)C)c1ccc(CC)cc1. The van der Waals surface area contributed by atoms with Gasteiger partial charge in [0.25, 0.3) is 0 Å². The molecule has 4 amide bonds. The number of nitrogens with one attached hydrogen (secondary N) is 2. The fourth-order valence-electron chi connectivity index (χ4n) is 4.82. The smallest absolute Gasteiger partial charge is 0.408 e. The molecule has 3 unspecified atom stereocenters. The van der Waals surface area contributed by atoms with Gasteiger partial charge >= 0.3 is 12.1 Å². The molecule has 11 heteroatoms. The number of benzene rings is 2. The molecule has 0 spiro atoms. The number of unbranched alkanes of at least 4 members (excludes halogenated alkanes) is 1. The van der Waals surface area contributed by atoms with Crippen molar-refractivity contribution < 1.29 is 33.4 Å². The number of primary amides is 1. The van der Waals surface area contributed by atoms with E-state index in [-0.39, 0.29) is 13.0 Å². The molecule has 4 N–H and O–H groups in total. The summed E-state index contributed by atoms with van der Waals surface area (Å²) in [5.41, 5.74) is 6.13. The van der Waals surface area contributed by atoms with Crippen LogP contribution in [0.1, 0.15) is 97.4 Å². The Labute approximate surface area is 278 Å². The van der Waals surface area contributed by atoms with Crippen LogP contribution in [-0.2, 0) is 41.5 Å². The first-order valence-electron chi connectivity index (χ1n) is 16.2. The van der Waals surface area contributed by atoms with Gasteiger partial charge in [0.1, 0.15) is 29.3 Å². The first-order valence-corrected chi connectivity index (χ1v) is 16.2. The quantitative estimate of drug-likeness (QED) is 0.234. The van der Waals surface area contributed by atoms with Crippen LogP contribution in [0, 0.1) is 0 Å². The van der Waals surface area contributed by atoms with E-state index in [1.807, 2.05) is 56.3 Å². The van der Waals surface area contributed by atoms with E-state index in [4.69, 9.17) is 15.2 Å². The van der Waals surface area contributed by atoms with Gasteiger partial charge in [-0.1, -0.05) is 74.9 Å². The number of carbonyl (C=O) groups is 5. The summed E-state index contributed by atoms with van der Waals surface area (Å²) in [7, 11) is 0. The lowest BCUT2D eigenvalue weighted by molar-refractivity contribution is -0.159. The summed E-state index contributed by atoms with van der Waals surface area (Å²) < 4.78 is 11.0. The van der Waals surface area contributed by atoms with Gasteiger partial charge in [-0.25, -0.2) is 9.59 Å². The Balaban J connectivity index is 2.63. The number of hydrogen-bond donors (Lipinski definition) is 3. The largest absolute Gasteiger partial charge is 0.458 e. The second kappa shape index (κ2) is 17.5. The van der Waals surface area contributed by atoms with Crippen LogP contribution in [0.25, 0.3) is 0 Å². The van der Waals surface area contributed by atoms with Crippen molar-refractivity contribution in [3.05, 3.63) is 71.3 Å². The monoisotopic (exact) mass is 652 g/mol. The molecule has 258 valence electrons. The maximum absolute atomic E-state index is 14.4. The van der Waals surface area contributed by atoms with Crippen molar-refractivity contribution in [1.29, 1.82) is 0 Å². The molecule has 0 aliphatic rings. The Morgan fingerprint density at radius 2 is 1.38 bits per heavy atom. The van der Waals surface area contributed by atoms with E-state index in [2.05, 4.69) is 10.6 Å². The molecule has 0 saturated carbocycles. The third-order valence-electron chi connectivity index (χ3n) is 6.98. The highest BCUT2D eigenvalue weighted by molar-refractivity contribution is 5.95. The van der Waals surface area contributed by atoms with Crippen LogP contribution >= 0.6 is 0 Å². The second-order valence-corrected chi connectivity index (χ2v) is 13.5. The van der Waals surface area contributed by atoms with Gasteiger partial charge in [-0.3, -0.25) is 14.4 Å². The van der Waals surface area contributed by atoms with Crippen molar-refractivity contribution in [1.82, 2.24) is 15.5 Å². The van der Waals surface area contributed by atoms with Crippen molar-refractivity contribution in [3.8, 4) is 0 Å². The van der Waals surface area contributed by atoms with Gasteiger partial charge in [0.15, 0.2) is 0 Å². The average Bonchev–Trinajstić information content (AvgIpc) is 2.96. The lowest BCUT2D eigenvalue weighted by Gasteiger charge is -2.35. The lowest BCUT2D eigenvalue weighted by atomic mass is 9.98. The molecule has 0 aliphatic heterocycles. The molecule has 47 heavy (non-hydrogen) atoms. The third kappa shape index (κ3) is 13.5. The van der Waals surface area contributed by atoms with Crippen LogP contribution in [0.15, 0.2) is 54.6 Å². The molecule has 0 heterocycles. The van der Waals surface area contributed by atoms with Gasteiger partial charge in [-0.15, -0.1) is 0 Å². The highest BCUT2D eigenvalue weighted by atomic mass is 16.6. The van der Waals surface area contributed by atoms with Gasteiger partial charge in [0, 0.05) is 13.0 Å². The van der Waals surface area contributed by atoms with E-state index in [1.165, 1.54) is 4.90 Å². The first kappa shape index (κ1) is 38.8. The summed E-state index contributed by atoms with van der Waals surface area (Å²) in [4.78, 5) is 68.4. The number of amides is 4. The van der Waals surface area contributed by atoms with Crippen LogP contribution < -0.4 is 16.4 Å². The van der Waals surface area contributed by atoms with Gasteiger partial charge in [-0.2, -0.15) is 0 Å². The van der Waals surface area contributed by atoms with E-state index >= 15 is 0 Å². The van der Waals surface area contributed by atoms with Crippen LogP contribution in [0.2, 0.25) is 0 Å². The summed E-state index contributed by atoms with van der Waals surface area (Å²) in [6.45, 7) is 14.3. The van der Waals surface area contributed by atoms with E-state index in [1.54, 1.807) is 53.7 Å². The third-order valence-corrected chi connectivity index (χ3v) is 6.98. The van der Waals surface area contributed by atoms with Gasteiger partial charge < -0.3 is 30.7 Å². The average molecular weight is 653 g/mol. The minimum atomic E-state index is -1.41. The molecule has 0 aromatic heterocycles. The Morgan fingerprint density at radius 3 is 1.89 bits per heavy atom. The van der Waals surface area contributed by atoms with Crippen LogP contribution in [0.3, 0.4) is 0 Å². The van der Waals surface area contributed by atoms with Crippen molar-refractivity contribution >= 4 is 29.8 Å². The number of ether oxygens (including phenoxy) is 2. The molecule has 3 atom stereocenters. The van der Waals surface area contributed by atoms with E-state index in [0.717, 1.165) is 17.5 Å². The van der Waals surface area contributed by atoms with Gasteiger partial charge in [0.2, 0.25) is 17.7 Å². The Morgan fingerprint density at radius 1 is 0.787 bits per heavy atom. The maximum Gasteiger partial charge on any atom is 0.408 e. The lowest BCUT2D eigenvalue weighted by Crippen LogP contribution is -2.55. The molecular formula is C36H52N4O7. The highest BCUT2D eigenvalue weighted by Crippen LogP contribution is 2.25. The highest BCUT2D eigenvalue weighted by Gasteiger charge is 2.38. The summed E-state index contributed by atoms with van der Waals surface area (Å²) in [5, 5.41) is 5.35. The molecule has 0 aliphatic carbocycles. The predicted molar refractivity (Wildman–Crippen MR) is 180 cm³/mol. The summed E-state index contributed by atoms with van der Waals surface area (Å²) in [5.74, 6) is -2.77. The van der Waals surface area contributed by atoms with Gasteiger partial charge in [0.05, 0.1) is 6.42 Å². The number of alkyl carbamates (subject to hydrolysis) is 1. The van der Waals surface area contributed by atoms with Crippen molar-refractivity contribution in [2.75, 3.05) is 6.54 Å². The molecule has 0 fully saturated rings. The molecule has 0 saturated heterocycles. The molecule has 2 rings (SSSR count). The maximum atomic E-state index is 14.4. The molecular weight excluding hydrogens is 600 g/mol. The summed E-state index contributed by atoms with van der Waals surface area (Å²) >= 11 is 0. The number of nitrogens with zero attached hydrogens (tertiary/aromatic N) is 1. The zero-order valence-electron chi connectivity index (χ0n) is 29.1. The van der Waals surface area contributed by atoms with Gasteiger partial charge in [-0.05, 0) is 71.1 Å². The molecule has 0 radical (unpaired) electrons. The van der Waals surface area contributed by atoms with Crippen molar-refractivity contribution in [2.45, 2.75) is 117 Å². The van der Waals surface area contributed by atoms with Crippen molar-refractivity contribution in [3.63, 3.8) is 0 Å². The molecule has 2 aromatic carbocycles. The zero-order chi connectivity index (χ0) is 35.4. The van der Waals surface area contributed by atoms with E-state index in [0.29, 0.717) is 18.4 Å². The Bertz CT molecular complexity index is 1350. The fourth-order valence-corrected chi connectivity index (χ4v) is 4.82. The predicted octanol–water partition coefficient (Wildman–Crippen LogP) is 4.76. The molecule has 11 nitrogen and oxygen atoms in total. The summed E-state index contributed by atoms with van der Waals surface area (Å²) in [6.07, 6.45) is 0.677. The zero-order valence-corrected chi connectivity index (χ0v) is 29.1. The Hall–Kier alpha value is -4.41. The van der Waals surface area contributed by atoms with Crippen LogP contribution in [0.5, 0.6) is 0 Å². The second-order valence-electron chi connectivity index (χ2n) is 13.5. The normalized spacial score (nSPS) is 13.4. The number of aryl methyl sites for hydroxylation is 1. The number of carbonyl (C=O) groups excluding carboxylic acids is 5. The van der Waals surface area contributed by atoms with Crippen LogP contribution in [-0.4, -0.2) is 64.5 Å². The van der Waals surface area contributed by atoms with E-state index < -0.39 is 65.5 Å². The molecule has 2 aromatic rings. The summed E-state index contributed by atoms with van der Waals surface area (Å²) in [6, 6.07) is 12.8. The first-order chi connectivity index (χ1) is 21.9. The number of esters is 1. The topological polar surface area (TPSA) is 157 Å². The van der Waals surface area contributed by atoms with Crippen molar-refractivity contribution in [2.24, 2.45) is 5.73 Å². The molecule has 0 bridgehead atoms. The number of hydrogen-bond acceptors (Lipinski definition) is 7. The minimum absolute atomic E-state index is 0.115. The number of rotatable bonds is 15. The number of nitrogens with two attached hydrogens (primary N) is 1. The van der Waals surface area contributed by atoms with E-state index in [9.17, 15) is 24.0 Å². The Kier molecular flexibility index (Phi) is 14.4. The minimum Gasteiger partial charge on any atom is -0.458 e.